The molecule has 0 unspecified atom stereocenters. The van der Waals surface area contributed by atoms with E-state index in [0.29, 0.717) is 31.3 Å². The highest BCUT2D eigenvalue weighted by atomic mass is 32.2. The molecule has 0 atom stereocenters. The molecule has 7 heteroatoms. The second-order valence-electron chi connectivity index (χ2n) is 11.2. The van der Waals surface area contributed by atoms with Crippen molar-refractivity contribution < 1.29 is 14.0 Å². The second kappa shape index (κ2) is 15.1. The van der Waals surface area contributed by atoms with E-state index in [1.54, 1.807) is 17.0 Å². The van der Waals surface area contributed by atoms with Crippen LogP contribution in [-0.4, -0.2) is 51.1 Å². The van der Waals surface area contributed by atoms with E-state index in [2.05, 4.69) is 24.5 Å². The standard InChI is InChI=1S/C33H42FN3O2S/c1-26(2)19-21-36(33(39)25-40-31-13-7-4-8-14-31)24-32(38)37(29-10-5-3-6-11-29)23-30-12-9-20-35(30)22-27-15-17-28(34)18-16-27/h4,7-9,12-18,20,26,29H,3,5-6,10-11,19,21-25H2,1-2H3. The molecule has 4 rings (SSSR count). The van der Waals surface area contributed by atoms with Crippen LogP contribution in [0.3, 0.4) is 0 Å². The van der Waals surface area contributed by atoms with E-state index in [1.807, 2.05) is 47.5 Å². The van der Waals surface area contributed by atoms with Gasteiger partial charge in [0, 0.05) is 35.9 Å². The Bertz CT molecular complexity index is 1210. The van der Waals surface area contributed by atoms with Crippen LogP contribution in [0, 0.1) is 11.7 Å². The van der Waals surface area contributed by atoms with Gasteiger partial charge in [-0.25, -0.2) is 4.39 Å². The molecule has 1 aromatic heterocycles. The molecule has 1 saturated carbocycles. The fourth-order valence-corrected chi connectivity index (χ4v) is 6.06. The van der Waals surface area contributed by atoms with Crippen LogP contribution in [0.1, 0.15) is 63.6 Å². The van der Waals surface area contributed by atoms with E-state index in [0.717, 1.165) is 48.3 Å². The number of hydrogen-bond acceptors (Lipinski definition) is 3. The summed E-state index contributed by atoms with van der Waals surface area (Å²) in [6.07, 6.45) is 8.31. The topological polar surface area (TPSA) is 45.6 Å². The number of rotatable bonds is 13. The van der Waals surface area contributed by atoms with Gasteiger partial charge < -0.3 is 14.4 Å². The molecular weight excluding hydrogens is 521 g/mol. The number of halogens is 1. The Kier molecular flexibility index (Phi) is 11.3. The maximum Gasteiger partial charge on any atom is 0.242 e. The summed E-state index contributed by atoms with van der Waals surface area (Å²) in [7, 11) is 0. The van der Waals surface area contributed by atoms with Gasteiger partial charge in [0.15, 0.2) is 0 Å². The van der Waals surface area contributed by atoms with Crippen LogP contribution in [0.2, 0.25) is 0 Å². The number of aromatic nitrogens is 1. The van der Waals surface area contributed by atoms with Crippen molar-refractivity contribution in [3.8, 4) is 0 Å². The van der Waals surface area contributed by atoms with Gasteiger partial charge in [0.1, 0.15) is 5.82 Å². The summed E-state index contributed by atoms with van der Waals surface area (Å²) in [6.45, 7) is 6.10. The largest absolute Gasteiger partial charge is 0.345 e. The van der Waals surface area contributed by atoms with Crippen LogP contribution < -0.4 is 0 Å². The Balaban J connectivity index is 1.48. The van der Waals surface area contributed by atoms with E-state index >= 15 is 0 Å². The molecule has 0 N–H and O–H groups in total. The summed E-state index contributed by atoms with van der Waals surface area (Å²) in [5.74, 6) is 0.536. The lowest BCUT2D eigenvalue weighted by Gasteiger charge is -2.36. The highest BCUT2D eigenvalue weighted by Gasteiger charge is 2.29. The van der Waals surface area contributed by atoms with E-state index < -0.39 is 0 Å². The number of carbonyl (C=O) groups is 2. The lowest BCUT2D eigenvalue weighted by molar-refractivity contribution is -0.142. The average molecular weight is 564 g/mol. The third kappa shape index (κ3) is 8.98. The molecule has 0 aliphatic heterocycles. The molecule has 0 radical (unpaired) electrons. The predicted octanol–water partition coefficient (Wildman–Crippen LogP) is 7.00. The molecule has 1 aliphatic rings. The molecule has 2 amide bonds. The first-order valence-electron chi connectivity index (χ1n) is 14.5. The van der Waals surface area contributed by atoms with Crippen molar-refractivity contribution in [3.05, 3.63) is 90.0 Å². The van der Waals surface area contributed by atoms with Gasteiger partial charge >= 0.3 is 0 Å². The average Bonchev–Trinajstić information content (AvgIpc) is 3.41. The lowest BCUT2D eigenvalue weighted by Crippen LogP contribution is -2.48. The summed E-state index contributed by atoms with van der Waals surface area (Å²) < 4.78 is 15.6. The van der Waals surface area contributed by atoms with Crippen LogP contribution >= 0.6 is 11.8 Å². The van der Waals surface area contributed by atoms with E-state index in [9.17, 15) is 14.0 Å². The number of thioether (sulfide) groups is 1. The minimum Gasteiger partial charge on any atom is -0.345 e. The first-order chi connectivity index (χ1) is 19.4. The summed E-state index contributed by atoms with van der Waals surface area (Å²) in [5.41, 5.74) is 2.05. The molecule has 0 saturated heterocycles. The smallest absolute Gasteiger partial charge is 0.242 e. The first kappa shape index (κ1) is 29.9. The van der Waals surface area contributed by atoms with Crippen LogP contribution in [0.25, 0.3) is 0 Å². The maximum atomic E-state index is 14.0. The fraction of sp³-hybridized carbons (Fsp3) is 0.455. The number of benzene rings is 2. The highest BCUT2D eigenvalue weighted by Crippen LogP contribution is 2.25. The zero-order valence-electron chi connectivity index (χ0n) is 23.8. The molecule has 1 fully saturated rings. The first-order valence-corrected chi connectivity index (χ1v) is 15.5. The predicted molar refractivity (Wildman–Crippen MR) is 161 cm³/mol. The summed E-state index contributed by atoms with van der Waals surface area (Å²) in [5, 5.41) is 0. The van der Waals surface area contributed by atoms with Crippen molar-refractivity contribution in [3.63, 3.8) is 0 Å². The van der Waals surface area contributed by atoms with Crippen molar-refractivity contribution in [1.29, 1.82) is 0 Å². The minimum absolute atomic E-state index is 0.00568. The van der Waals surface area contributed by atoms with Gasteiger partial charge in [-0.3, -0.25) is 9.59 Å². The van der Waals surface area contributed by atoms with Gasteiger partial charge in [-0.15, -0.1) is 11.8 Å². The molecular formula is C33H42FN3O2S. The molecule has 1 aliphatic carbocycles. The maximum absolute atomic E-state index is 14.0. The molecule has 3 aromatic rings. The third-order valence-electron chi connectivity index (χ3n) is 7.62. The van der Waals surface area contributed by atoms with E-state index in [-0.39, 0.29) is 30.2 Å². The summed E-state index contributed by atoms with van der Waals surface area (Å²) in [6, 6.07) is 20.7. The summed E-state index contributed by atoms with van der Waals surface area (Å²) >= 11 is 1.52. The van der Waals surface area contributed by atoms with E-state index in [1.165, 1.54) is 30.3 Å². The van der Waals surface area contributed by atoms with Crippen molar-refractivity contribution in [2.75, 3.05) is 18.8 Å². The van der Waals surface area contributed by atoms with Gasteiger partial charge in [-0.1, -0.05) is 63.4 Å². The van der Waals surface area contributed by atoms with Gasteiger partial charge in [0.2, 0.25) is 11.8 Å². The highest BCUT2D eigenvalue weighted by molar-refractivity contribution is 8.00. The van der Waals surface area contributed by atoms with Crippen molar-refractivity contribution in [1.82, 2.24) is 14.4 Å². The Morgan fingerprint density at radius 1 is 0.950 bits per heavy atom. The van der Waals surface area contributed by atoms with Crippen LogP contribution in [0.4, 0.5) is 4.39 Å². The van der Waals surface area contributed by atoms with E-state index in [4.69, 9.17) is 0 Å². The molecule has 214 valence electrons. The monoisotopic (exact) mass is 563 g/mol. The van der Waals surface area contributed by atoms with Crippen molar-refractivity contribution in [2.45, 2.75) is 76.4 Å². The van der Waals surface area contributed by atoms with Crippen LogP contribution in [0.15, 0.2) is 77.8 Å². The number of carbonyl (C=O) groups excluding carboxylic acids is 2. The van der Waals surface area contributed by atoms with Gasteiger partial charge in [0.25, 0.3) is 0 Å². The Morgan fingerprint density at radius 2 is 1.68 bits per heavy atom. The zero-order valence-corrected chi connectivity index (χ0v) is 24.6. The lowest BCUT2D eigenvalue weighted by atomic mass is 9.94. The SMILES string of the molecule is CC(C)CCN(CC(=O)N(Cc1cccn1Cc1ccc(F)cc1)C1CCCCC1)C(=O)CSc1ccccc1. The summed E-state index contributed by atoms with van der Waals surface area (Å²) in [4.78, 5) is 32.2. The molecule has 0 bridgehead atoms. The number of nitrogens with zero attached hydrogens (tertiary/aromatic N) is 3. The van der Waals surface area contributed by atoms with Crippen LogP contribution in [0.5, 0.6) is 0 Å². The van der Waals surface area contributed by atoms with Gasteiger partial charge in [0.05, 0.1) is 18.8 Å². The van der Waals surface area contributed by atoms with Crippen LogP contribution in [-0.2, 0) is 22.7 Å². The minimum atomic E-state index is -0.246. The zero-order chi connectivity index (χ0) is 28.3. The molecule has 2 aromatic carbocycles. The van der Waals surface area contributed by atoms with Gasteiger partial charge in [-0.05, 0) is 67.1 Å². The number of amides is 2. The Hall–Kier alpha value is -3.06. The fourth-order valence-electron chi connectivity index (χ4n) is 5.24. The normalized spacial score (nSPS) is 13.9. The molecule has 40 heavy (non-hydrogen) atoms. The third-order valence-corrected chi connectivity index (χ3v) is 8.62. The van der Waals surface area contributed by atoms with Crippen molar-refractivity contribution >= 4 is 23.6 Å². The Labute approximate surface area is 242 Å². The second-order valence-corrected chi connectivity index (χ2v) is 12.2. The number of hydrogen-bond donors (Lipinski definition) is 0. The molecule has 5 nitrogen and oxygen atoms in total. The molecule has 0 spiro atoms. The molecule has 1 heterocycles. The Morgan fingerprint density at radius 3 is 2.38 bits per heavy atom. The van der Waals surface area contributed by atoms with Gasteiger partial charge in [-0.2, -0.15) is 0 Å². The van der Waals surface area contributed by atoms with Crippen molar-refractivity contribution in [2.24, 2.45) is 5.92 Å². The quantitative estimate of drug-likeness (QED) is 0.210.